The molecule has 0 bridgehead atoms. The summed E-state index contributed by atoms with van der Waals surface area (Å²) >= 11 is 1.58. The Morgan fingerprint density at radius 1 is 1.00 bits per heavy atom. The van der Waals surface area contributed by atoms with Crippen molar-refractivity contribution in [3.63, 3.8) is 0 Å². The first kappa shape index (κ1) is 33.0. The van der Waals surface area contributed by atoms with Gasteiger partial charge in [-0.05, 0) is 35.9 Å². The smallest absolute Gasteiger partial charge is 0.475 e. The van der Waals surface area contributed by atoms with Gasteiger partial charge in [0.05, 0.1) is 18.8 Å². The minimum Gasteiger partial charge on any atom is -0.475 e. The highest BCUT2D eigenvalue weighted by molar-refractivity contribution is 7.08. The van der Waals surface area contributed by atoms with Crippen LogP contribution in [0.3, 0.4) is 0 Å². The molecule has 0 aromatic carbocycles. The third kappa shape index (κ3) is 10.7. The largest absolute Gasteiger partial charge is 0.490 e. The molecule has 2 aliphatic heterocycles. The van der Waals surface area contributed by atoms with Crippen LogP contribution in [0.15, 0.2) is 41.4 Å². The molecule has 2 saturated heterocycles. The van der Waals surface area contributed by atoms with Gasteiger partial charge in [-0.1, -0.05) is 6.07 Å². The number of nitrogens with zero attached hydrogens (tertiary/aromatic N) is 3. The molecule has 40 heavy (non-hydrogen) atoms. The van der Waals surface area contributed by atoms with Crippen LogP contribution in [0.4, 0.5) is 26.3 Å². The second kappa shape index (κ2) is 14.4. The summed E-state index contributed by atoms with van der Waals surface area (Å²) in [5, 5.41) is 18.2. The molecule has 2 aromatic rings. The van der Waals surface area contributed by atoms with Crippen LogP contribution in [0.1, 0.15) is 28.8 Å². The number of ether oxygens (including phenoxy) is 1. The lowest BCUT2D eigenvalue weighted by atomic mass is 9.78. The maximum absolute atomic E-state index is 12.6. The number of carbonyl (C=O) groups is 3. The standard InChI is InChI=1S/C20H25N3O2S.2C2HF3O2/c24-19(18-3-11-26-14-18)23-7-4-20(5-8-23)15-22(9-10-25-16-20)13-17-2-1-6-21-12-17;2*3-2(4,5)1(6)7/h1-3,6,11-12,14H,4-5,7-10,13,15-16H2;2*(H,6,7). The Bertz CT molecular complexity index is 1070. The van der Waals surface area contributed by atoms with Gasteiger partial charge in [0.2, 0.25) is 0 Å². The van der Waals surface area contributed by atoms with E-state index in [1.54, 1.807) is 11.3 Å². The fraction of sp³-hybridized carbons (Fsp3) is 0.500. The highest BCUT2D eigenvalue weighted by atomic mass is 32.1. The number of carboxylic acids is 2. The summed E-state index contributed by atoms with van der Waals surface area (Å²) in [6.45, 7) is 6.11. The quantitative estimate of drug-likeness (QED) is 0.505. The van der Waals surface area contributed by atoms with Crippen LogP contribution in [-0.2, 0) is 20.9 Å². The van der Waals surface area contributed by atoms with Crippen LogP contribution < -0.4 is 0 Å². The SMILES string of the molecule is O=C(O)C(F)(F)F.O=C(O)C(F)(F)F.O=C(c1ccsc1)N1CCC2(CC1)COCCN(Cc1cccnc1)C2. The van der Waals surface area contributed by atoms with Crippen LogP contribution in [0.5, 0.6) is 0 Å². The zero-order valence-electron chi connectivity index (χ0n) is 21.0. The van der Waals surface area contributed by atoms with Crippen molar-refractivity contribution in [2.75, 3.05) is 39.4 Å². The Kier molecular flexibility index (Phi) is 11.9. The number of aliphatic carboxylic acids is 2. The number of thiophene rings is 1. The van der Waals surface area contributed by atoms with Crippen LogP contribution in [-0.4, -0.2) is 94.6 Å². The lowest BCUT2D eigenvalue weighted by Gasteiger charge is -2.42. The Morgan fingerprint density at radius 3 is 2.08 bits per heavy atom. The molecule has 0 saturated carbocycles. The van der Waals surface area contributed by atoms with Gasteiger partial charge in [-0.15, -0.1) is 0 Å². The molecule has 0 radical (unpaired) electrons. The van der Waals surface area contributed by atoms with Gasteiger partial charge >= 0.3 is 24.3 Å². The van der Waals surface area contributed by atoms with E-state index in [1.807, 2.05) is 40.2 Å². The lowest BCUT2D eigenvalue weighted by Crippen LogP contribution is -2.48. The number of aromatic nitrogens is 1. The Balaban J connectivity index is 0.000000333. The van der Waals surface area contributed by atoms with E-state index in [1.165, 1.54) is 5.56 Å². The van der Waals surface area contributed by atoms with Crippen molar-refractivity contribution >= 4 is 29.2 Å². The second-order valence-electron chi connectivity index (χ2n) is 9.03. The molecule has 0 atom stereocenters. The maximum Gasteiger partial charge on any atom is 0.490 e. The molecule has 9 nitrogen and oxygen atoms in total. The number of likely N-dealkylation sites (tertiary alicyclic amines) is 1. The second-order valence-corrected chi connectivity index (χ2v) is 9.81. The number of piperidine rings is 1. The predicted octanol–water partition coefficient (Wildman–Crippen LogP) is 4.16. The van der Waals surface area contributed by atoms with Crippen molar-refractivity contribution in [2.45, 2.75) is 31.7 Å². The van der Waals surface area contributed by atoms with Crippen LogP contribution in [0.25, 0.3) is 0 Å². The number of hydrogen-bond acceptors (Lipinski definition) is 7. The number of amides is 1. The third-order valence-electron chi connectivity index (χ3n) is 6.01. The highest BCUT2D eigenvalue weighted by Gasteiger charge is 2.40. The van der Waals surface area contributed by atoms with Gasteiger partial charge in [0.1, 0.15) is 0 Å². The number of carboxylic acid groups (broad SMARTS) is 2. The van der Waals surface area contributed by atoms with Gasteiger partial charge < -0.3 is 19.8 Å². The topological polar surface area (TPSA) is 120 Å². The summed E-state index contributed by atoms with van der Waals surface area (Å²) in [6, 6.07) is 6.04. The lowest BCUT2D eigenvalue weighted by molar-refractivity contribution is -0.193. The minimum absolute atomic E-state index is 0.157. The number of carbonyl (C=O) groups excluding carboxylic acids is 1. The van der Waals surface area contributed by atoms with Crippen LogP contribution in [0, 0.1) is 5.41 Å². The minimum atomic E-state index is -5.08. The Hall–Kier alpha value is -3.24. The molecule has 16 heteroatoms. The van der Waals surface area contributed by atoms with Crippen molar-refractivity contribution in [1.29, 1.82) is 0 Å². The van der Waals surface area contributed by atoms with Crippen molar-refractivity contribution in [3.8, 4) is 0 Å². The zero-order chi connectivity index (χ0) is 30.0. The van der Waals surface area contributed by atoms with Crippen LogP contribution in [0.2, 0.25) is 0 Å². The van der Waals surface area contributed by atoms with Crippen molar-refractivity contribution in [2.24, 2.45) is 5.41 Å². The van der Waals surface area contributed by atoms with E-state index in [2.05, 4.69) is 16.0 Å². The van der Waals surface area contributed by atoms with E-state index in [0.717, 1.165) is 64.3 Å². The van der Waals surface area contributed by atoms with E-state index >= 15 is 0 Å². The Labute approximate surface area is 229 Å². The van der Waals surface area contributed by atoms with E-state index in [-0.39, 0.29) is 11.3 Å². The first-order valence-electron chi connectivity index (χ1n) is 11.7. The van der Waals surface area contributed by atoms with Crippen molar-refractivity contribution in [1.82, 2.24) is 14.8 Å². The number of halogens is 6. The van der Waals surface area contributed by atoms with Crippen LogP contribution >= 0.6 is 11.3 Å². The van der Waals surface area contributed by atoms with Crippen molar-refractivity contribution in [3.05, 3.63) is 52.5 Å². The molecule has 0 unspecified atom stereocenters. The summed E-state index contributed by atoms with van der Waals surface area (Å²) in [5.41, 5.74) is 2.22. The zero-order valence-corrected chi connectivity index (χ0v) is 21.8. The maximum atomic E-state index is 12.6. The predicted molar refractivity (Wildman–Crippen MR) is 130 cm³/mol. The summed E-state index contributed by atoms with van der Waals surface area (Å²) < 4.78 is 69.4. The highest BCUT2D eigenvalue weighted by Crippen LogP contribution is 2.35. The molecule has 2 aliphatic rings. The molecule has 4 rings (SSSR count). The van der Waals surface area contributed by atoms with E-state index < -0.39 is 24.3 Å². The Morgan fingerprint density at radius 2 is 1.60 bits per heavy atom. The third-order valence-corrected chi connectivity index (χ3v) is 6.70. The summed E-state index contributed by atoms with van der Waals surface area (Å²) in [7, 11) is 0. The van der Waals surface area contributed by atoms with E-state index in [0.29, 0.717) is 0 Å². The normalized spacial score (nSPS) is 17.5. The number of rotatable bonds is 3. The number of alkyl halides is 6. The van der Waals surface area contributed by atoms with Gasteiger partial charge in [0.25, 0.3) is 5.91 Å². The van der Waals surface area contributed by atoms with E-state index in [4.69, 9.17) is 24.5 Å². The van der Waals surface area contributed by atoms with Gasteiger partial charge in [0.15, 0.2) is 0 Å². The number of pyridine rings is 1. The fourth-order valence-electron chi connectivity index (χ4n) is 4.02. The molecule has 2 fully saturated rings. The molecular weight excluding hydrogens is 572 g/mol. The molecule has 2 aromatic heterocycles. The first-order chi connectivity index (χ1) is 18.6. The van der Waals surface area contributed by atoms with E-state index in [9.17, 15) is 31.1 Å². The average Bonchev–Trinajstić information content (AvgIpc) is 3.35. The summed E-state index contributed by atoms with van der Waals surface area (Å²) in [4.78, 5) is 39.1. The summed E-state index contributed by atoms with van der Waals surface area (Å²) in [6.07, 6.45) is -4.39. The van der Waals surface area contributed by atoms with Gasteiger partial charge in [-0.25, -0.2) is 9.59 Å². The molecule has 1 spiro atoms. The molecule has 4 heterocycles. The monoisotopic (exact) mass is 599 g/mol. The van der Waals surface area contributed by atoms with Gasteiger partial charge in [-0.2, -0.15) is 37.7 Å². The average molecular weight is 600 g/mol. The van der Waals surface area contributed by atoms with Gasteiger partial charge in [0, 0.05) is 55.9 Å². The molecular formula is C24H27F6N3O6S. The molecule has 1 amide bonds. The number of hydrogen-bond donors (Lipinski definition) is 2. The molecule has 0 aliphatic carbocycles. The van der Waals surface area contributed by atoms with Gasteiger partial charge in [-0.3, -0.25) is 14.7 Å². The van der Waals surface area contributed by atoms with Crippen molar-refractivity contribution < 1.29 is 55.7 Å². The molecule has 222 valence electrons. The fourth-order valence-corrected chi connectivity index (χ4v) is 4.65. The summed E-state index contributed by atoms with van der Waals surface area (Å²) in [5.74, 6) is -5.34. The molecule has 2 N–H and O–H groups in total. The first-order valence-corrected chi connectivity index (χ1v) is 12.7.